The lowest BCUT2D eigenvalue weighted by Gasteiger charge is -2.31. The van der Waals surface area contributed by atoms with E-state index in [4.69, 9.17) is 16.3 Å². The third-order valence-electron chi connectivity index (χ3n) is 7.24. The quantitative estimate of drug-likeness (QED) is 0.492. The fourth-order valence-electron chi connectivity index (χ4n) is 5.25. The number of hydrogen-bond acceptors (Lipinski definition) is 5. The summed E-state index contributed by atoms with van der Waals surface area (Å²) in [5.74, 6) is -0.455. The molecule has 2 aliphatic heterocycles. The Morgan fingerprint density at radius 2 is 2.18 bits per heavy atom. The van der Waals surface area contributed by atoms with Crippen LogP contribution in [0, 0.1) is 23.2 Å². The highest BCUT2D eigenvalue weighted by Gasteiger charge is 2.69. The van der Waals surface area contributed by atoms with Gasteiger partial charge >= 0.3 is 0 Å². The predicted molar refractivity (Wildman–Crippen MR) is 125 cm³/mol. The Bertz CT molecular complexity index is 987. The van der Waals surface area contributed by atoms with Crippen molar-refractivity contribution in [2.75, 3.05) is 19.7 Å². The van der Waals surface area contributed by atoms with Gasteiger partial charge in [0.05, 0.1) is 11.1 Å². The van der Waals surface area contributed by atoms with Gasteiger partial charge in [-0.15, -0.1) is 0 Å². The maximum Gasteiger partial charge on any atom is 0.261 e. The number of hydrogen-bond donors (Lipinski definition) is 2. The molecule has 1 saturated carbocycles. The van der Waals surface area contributed by atoms with E-state index in [-0.39, 0.29) is 53.9 Å². The van der Waals surface area contributed by atoms with Crippen LogP contribution in [0.5, 0.6) is 5.75 Å². The van der Waals surface area contributed by atoms with Gasteiger partial charge in [0, 0.05) is 23.5 Å². The van der Waals surface area contributed by atoms with Crippen molar-refractivity contribution in [2.45, 2.75) is 38.8 Å². The zero-order valence-electron chi connectivity index (χ0n) is 18.5. The molecule has 0 spiro atoms. The SMILES string of the molecule is CC1(C)[C@@H]2C(C(=O)N[C@H](C=O)C[C@@H]3CCNC3=O)N(C(=O)COc3ccc(Br)cc3Cl)C[C@@H]21. The van der Waals surface area contributed by atoms with Crippen molar-refractivity contribution in [1.29, 1.82) is 0 Å². The van der Waals surface area contributed by atoms with Gasteiger partial charge in [-0.25, -0.2) is 0 Å². The summed E-state index contributed by atoms with van der Waals surface area (Å²) in [5, 5.41) is 5.90. The third kappa shape index (κ3) is 4.75. The average Bonchev–Trinajstić information content (AvgIpc) is 3.12. The molecule has 33 heavy (non-hydrogen) atoms. The fraction of sp³-hybridized carbons (Fsp3) is 0.565. The lowest BCUT2D eigenvalue weighted by Crippen LogP contribution is -2.53. The highest BCUT2D eigenvalue weighted by atomic mass is 79.9. The number of rotatable bonds is 8. The Labute approximate surface area is 205 Å². The summed E-state index contributed by atoms with van der Waals surface area (Å²) in [4.78, 5) is 51.3. The van der Waals surface area contributed by atoms with Gasteiger partial charge in [-0.05, 0) is 48.3 Å². The summed E-state index contributed by atoms with van der Waals surface area (Å²) in [6.07, 6.45) is 1.56. The fourth-order valence-corrected chi connectivity index (χ4v) is 5.98. The summed E-state index contributed by atoms with van der Waals surface area (Å²) >= 11 is 9.49. The van der Waals surface area contributed by atoms with Crippen molar-refractivity contribution in [1.82, 2.24) is 15.5 Å². The van der Waals surface area contributed by atoms with Crippen LogP contribution < -0.4 is 15.4 Å². The third-order valence-corrected chi connectivity index (χ3v) is 8.02. The first kappa shape index (κ1) is 24.0. The number of nitrogens with zero attached hydrogens (tertiary/aromatic N) is 1. The molecule has 4 rings (SSSR count). The normalized spacial score (nSPS) is 28.0. The van der Waals surface area contributed by atoms with E-state index in [1.54, 1.807) is 23.1 Å². The molecule has 1 aromatic carbocycles. The second-order valence-electron chi connectivity index (χ2n) is 9.57. The van der Waals surface area contributed by atoms with Crippen LogP contribution in [0.2, 0.25) is 5.02 Å². The van der Waals surface area contributed by atoms with E-state index in [0.717, 1.165) is 4.47 Å². The smallest absolute Gasteiger partial charge is 0.261 e. The van der Waals surface area contributed by atoms with Crippen molar-refractivity contribution in [3.8, 4) is 5.75 Å². The number of aldehydes is 1. The second-order valence-corrected chi connectivity index (χ2v) is 10.9. The van der Waals surface area contributed by atoms with Gasteiger partial charge < -0.3 is 25.1 Å². The molecule has 5 atom stereocenters. The molecule has 2 saturated heterocycles. The summed E-state index contributed by atoms with van der Waals surface area (Å²) in [6, 6.07) is 3.65. The Morgan fingerprint density at radius 1 is 1.42 bits per heavy atom. The molecular formula is C23H27BrClN3O5. The molecular weight excluding hydrogens is 514 g/mol. The van der Waals surface area contributed by atoms with E-state index < -0.39 is 12.1 Å². The highest BCUT2D eigenvalue weighted by molar-refractivity contribution is 9.10. The van der Waals surface area contributed by atoms with Gasteiger partial charge in [-0.1, -0.05) is 41.4 Å². The predicted octanol–water partition coefficient (Wildman–Crippen LogP) is 2.17. The highest BCUT2D eigenvalue weighted by Crippen LogP contribution is 2.64. The van der Waals surface area contributed by atoms with Crippen molar-refractivity contribution in [3.63, 3.8) is 0 Å². The molecule has 178 valence electrons. The number of ether oxygens (including phenoxy) is 1. The molecule has 3 fully saturated rings. The Kier molecular flexibility index (Phi) is 6.73. The van der Waals surface area contributed by atoms with Gasteiger partial charge in [-0.3, -0.25) is 14.4 Å². The minimum atomic E-state index is -0.776. The van der Waals surface area contributed by atoms with Crippen molar-refractivity contribution in [2.24, 2.45) is 23.2 Å². The number of carbonyl (C=O) groups excluding carboxylic acids is 4. The molecule has 3 aliphatic rings. The molecule has 0 radical (unpaired) electrons. The van der Waals surface area contributed by atoms with Crippen LogP contribution in [0.4, 0.5) is 0 Å². The molecule has 0 bridgehead atoms. The van der Waals surface area contributed by atoms with Crippen molar-refractivity contribution < 1.29 is 23.9 Å². The van der Waals surface area contributed by atoms with Crippen LogP contribution in [0.1, 0.15) is 26.7 Å². The van der Waals surface area contributed by atoms with Gasteiger partial charge in [0.25, 0.3) is 5.91 Å². The number of nitrogens with one attached hydrogen (secondary N) is 2. The number of likely N-dealkylation sites (tertiary alicyclic amines) is 1. The molecule has 2 heterocycles. The van der Waals surface area contributed by atoms with E-state index in [1.165, 1.54) is 0 Å². The maximum atomic E-state index is 13.2. The Morgan fingerprint density at radius 3 is 2.82 bits per heavy atom. The topological polar surface area (TPSA) is 105 Å². The Hall–Kier alpha value is -2.13. The van der Waals surface area contributed by atoms with Crippen LogP contribution in [-0.4, -0.2) is 60.7 Å². The molecule has 1 aromatic rings. The molecule has 3 amide bonds. The van der Waals surface area contributed by atoms with Crippen LogP contribution in [-0.2, 0) is 19.2 Å². The molecule has 0 aromatic heterocycles. The number of amides is 3. The maximum absolute atomic E-state index is 13.2. The van der Waals surface area contributed by atoms with Crippen LogP contribution in [0.25, 0.3) is 0 Å². The van der Waals surface area contributed by atoms with Crippen LogP contribution in [0.3, 0.4) is 0 Å². The standard InChI is InChI=1S/C23H27BrClN3O5/c1-23(2)15-9-28(18(30)11-33-17-4-3-13(24)8-16(17)25)20(19(15)23)22(32)27-14(10-29)7-12-5-6-26-21(12)31/h3-4,8,10,12,14-15,19-20H,5-7,9,11H2,1-2H3,(H,26,31)(H,27,32)/t12-,14-,15-,19-,20?/m0/s1. The van der Waals surface area contributed by atoms with Crippen LogP contribution in [0.15, 0.2) is 22.7 Å². The van der Waals surface area contributed by atoms with Gasteiger partial charge in [0.2, 0.25) is 11.8 Å². The van der Waals surface area contributed by atoms with Crippen molar-refractivity contribution >= 4 is 51.5 Å². The first-order valence-corrected chi connectivity index (χ1v) is 12.2. The number of carbonyl (C=O) groups is 4. The van der Waals surface area contributed by atoms with Crippen LogP contribution >= 0.6 is 27.5 Å². The molecule has 1 aliphatic carbocycles. The summed E-state index contributed by atoms with van der Waals surface area (Å²) in [5.41, 5.74) is -0.0589. The minimum Gasteiger partial charge on any atom is -0.482 e. The van der Waals surface area contributed by atoms with E-state index in [9.17, 15) is 19.2 Å². The van der Waals surface area contributed by atoms with Gasteiger partial charge in [0.1, 0.15) is 18.1 Å². The molecule has 2 N–H and O–H groups in total. The monoisotopic (exact) mass is 539 g/mol. The average molecular weight is 541 g/mol. The Balaban J connectivity index is 1.42. The van der Waals surface area contributed by atoms with Crippen molar-refractivity contribution in [3.05, 3.63) is 27.7 Å². The number of piperidine rings is 1. The second kappa shape index (κ2) is 9.25. The molecule has 1 unspecified atom stereocenters. The molecule has 10 heteroatoms. The van der Waals surface area contributed by atoms with Gasteiger partial charge in [-0.2, -0.15) is 0 Å². The molecule has 8 nitrogen and oxygen atoms in total. The number of halogens is 2. The summed E-state index contributed by atoms with van der Waals surface area (Å²) < 4.78 is 6.42. The summed E-state index contributed by atoms with van der Waals surface area (Å²) in [7, 11) is 0. The van der Waals surface area contributed by atoms with Gasteiger partial charge in [0.15, 0.2) is 6.61 Å². The van der Waals surface area contributed by atoms with E-state index in [2.05, 4.69) is 40.4 Å². The lowest BCUT2D eigenvalue weighted by molar-refractivity contribution is -0.142. The van der Waals surface area contributed by atoms with E-state index in [0.29, 0.717) is 36.6 Å². The summed E-state index contributed by atoms with van der Waals surface area (Å²) in [6.45, 7) is 4.96. The zero-order valence-corrected chi connectivity index (χ0v) is 20.8. The number of benzene rings is 1. The first-order chi connectivity index (χ1) is 15.6. The first-order valence-electron chi connectivity index (χ1n) is 11.0. The minimum absolute atomic E-state index is 0.0137. The largest absolute Gasteiger partial charge is 0.482 e. The lowest BCUT2D eigenvalue weighted by atomic mass is 9.97. The van der Waals surface area contributed by atoms with E-state index in [1.807, 2.05) is 0 Å². The van der Waals surface area contributed by atoms with E-state index >= 15 is 0 Å². The number of fused-ring (bicyclic) bond motifs is 1. The zero-order chi connectivity index (χ0) is 23.9.